The van der Waals surface area contributed by atoms with Gasteiger partial charge in [0.2, 0.25) is 0 Å². The fourth-order valence-electron chi connectivity index (χ4n) is 2.04. The van der Waals surface area contributed by atoms with Gasteiger partial charge in [0.25, 0.3) is 0 Å². The number of benzene rings is 2. The average molecular weight is 355 g/mol. The first-order valence-electron chi connectivity index (χ1n) is 7.91. The Labute approximate surface area is 151 Å². The topological polar surface area (TPSA) is 64.6 Å². The molecule has 0 fully saturated rings. The average Bonchev–Trinajstić information content (AvgIpc) is 2.67. The molecule has 0 aliphatic heterocycles. The van der Waals surface area contributed by atoms with Crippen LogP contribution in [0.15, 0.2) is 48.5 Å². The molecular weight excluding hydrogens is 337 g/mol. The number of halogens is 1. The van der Waals surface area contributed by atoms with Crippen LogP contribution >= 0.6 is 0 Å². The largest absolute Gasteiger partial charge is 0.465 e. The summed E-state index contributed by atoms with van der Waals surface area (Å²) in [5.74, 6) is 4.23. The second-order valence-corrected chi connectivity index (χ2v) is 5.23. The number of amides is 1. The van der Waals surface area contributed by atoms with Crippen molar-refractivity contribution in [2.24, 2.45) is 0 Å². The van der Waals surface area contributed by atoms with Crippen molar-refractivity contribution >= 4 is 12.1 Å². The number of alkyl carbamates (subject to hydrolysis) is 1. The van der Waals surface area contributed by atoms with E-state index in [1.54, 1.807) is 0 Å². The van der Waals surface area contributed by atoms with Crippen molar-refractivity contribution in [1.29, 1.82) is 0 Å². The maximum atomic E-state index is 13.5. The van der Waals surface area contributed by atoms with Gasteiger partial charge in [0.15, 0.2) is 0 Å². The third-order valence-corrected chi connectivity index (χ3v) is 3.34. The van der Waals surface area contributed by atoms with Crippen molar-refractivity contribution in [3.05, 3.63) is 71.0 Å². The quantitative estimate of drug-likeness (QED) is 0.508. The molecule has 6 heteroatoms. The second-order valence-electron chi connectivity index (χ2n) is 5.23. The van der Waals surface area contributed by atoms with Crippen molar-refractivity contribution in [1.82, 2.24) is 5.32 Å². The summed E-state index contributed by atoms with van der Waals surface area (Å²) in [5, 5.41) is 2.59. The van der Waals surface area contributed by atoms with Gasteiger partial charge >= 0.3 is 12.1 Å². The van der Waals surface area contributed by atoms with Crippen LogP contribution in [0.4, 0.5) is 9.18 Å². The highest BCUT2D eigenvalue weighted by molar-refractivity contribution is 5.90. The molecule has 0 aromatic heterocycles. The van der Waals surface area contributed by atoms with Crippen molar-refractivity contribution in [2.75, 3.05) is 13.7 Å². The number of esters is 1. The van der Waals surface area contributed by atoms with E-state index in [-0.39, 0.29) is 12.2 Å². The number of methoxy groups -OCH3 is 1. The van der Waals surface area contributed by atoms with Crippen LogP contribution in [0.1, 0.15) is 27.9 Å². The lowest BCUT2D eigenvalue weighted by Crippen LogP contribution is -2.24. The fraction of sp³-hybridized carbons (Fsp3) is 0.200. The van der Waals surface area contributed by atoms with Crippen molar-refractivity contribution in [3.8, 4) is 11.8 Å². The molecule has 0 saturated heterocycles. The van der Waals surface area contributed by atoms with Crippen molar-refractivity contribution < 1.29 is 23.5 Å². The Morgan fingerprint density at radius 3 is 2.65 bits per heavy atom. The molecule has 0 aliphatic rings. The summed E-state index contributed by atoms with van der Waals surface area (Å²) in [7, 11) is 1.18. The molecule has 0 bridgehead atoms. The zero-order chi connectivity index (χ0) is 18.8. The summed E-state index contributed by atoms with van der Waals surface area (Å²) in [6.45, 7) is 0.510. The Balaban J connectivity index is 1.76. The normalized spacial score (nSPS) is 9.62. The van der Waals surface area contributed by atoms with Gasteiger partial charge in [-0.2, -0.15) is 0 Å². The number of rotatable bonds is 5. The Morgan fingerprint density at radius 2 is 1.92 bits per heavy atom. The molecule has 0 saturated carbocycles. The molecule has 0 aliphatic carbocycles. The maximum Gasteiger partial charge on any atom is 0.407 e. The lowest BCUT2D eigenvalue weighted by molar-refractivity contribution is 0.0595. The molecule has 0 radical (unpaired) electrons. The molecule has 0 unspecified atom stereocenters. The van der Waals surface area contributed by atoms with E-state index >= 15 is 0 Å². The third kappa shape index (κ3) is 5.95. The van der Waals surface area contributed by atoms with E-state index in [1.807, 2.05) is 30.3 Å². The summed E-state index contributed by atoms with van der Waals surface area (Å²) in [6, 6.07) is 13.3. The van der Waals surface area contributed by atoms with Gasteiger partial charge in [-0.15, -0.1) is 0 Å². The Morgan fingerprint density at radius 1 is 1.15 bits per heavy atom. The van der Waals surface area contributed by atoms with E-state index in [0.717, 1.165) is 11.6 Å². The molecule has 0 atom stereocenters. The van der Waals surface area contributed by atoms with Crippen LogP contribution in [0, 0.1) is 17.7 Å². The zero-order valence-corrected chi connectivity index (χ0v) is 14.3. The molecule has 0 spiro atoms. The van der Waals surface area contributed by atoms with Gasteiger partial charge in [-0.1, -0.05) is 42.2 Å². The smallest absolute Gasteiger partial charge is 0.407 e. The number of carbonyl (C=O) groups excluding carboxylic acids is 2. The van der Waals surface area contributed by atoms with Gasteiger partial charge in [0, 0.05) is 18.5 Å². The monoisotopic (exact) mass is 355 g/mol. The molecular formula is C20H18FNO4. The van der Waals surface area contributed by atoms with Gasteiger partial charge in [-0.05, 0) is 23.8 Å². The van der Waals surface area contributed by atoms with Gasteiger partial charge < -0.3 is 14.8 Å². The number of ether oxygens (including phenoxy) is 2. The summed E-state index contributed by atoms with van der Waals surface area (Å²) < 4.78 is 23.1. The predicted octanol–water partition coefficient (Wildman–Crippen LogP) is 3.28. The minimum absolute atomic E-state index is 0.165. The van der Waals surface area contributed by atoms with Crippen molar-refractivity contribution in [2.45, 2.75) is 13.0 Å². The molecule has 2 aromatic rings. The number of hydrogen-bond donors (Lipinski definition) is 1. The van der Waals surface area contributed by atoms with Crippen LogP contribution < -0.4 is 5.32 Å². The summed E-state index contributed by atoms with van der Waals surface area (Å²) in [6.07, 6.45) is -0.142. The minimum atomic E-state index is -0.756. The standard InChI is InChI=1S/C20H18FNO4/c1-25-19(23)17-13-15(10-11-18(17)21)7-5-6-12-22-20(24)26-14-16-8-3-2-4-9-16/h2-4,8-11,13H,6,12,14H2,1H3,(H,22,24). The van der Waals surface area contributed by atoms with Crippen molar-refractivity contribution in [3.63, 3.8) is 0 Å². The second kappa shape index (κ2) is 9.84. The maximum absolute atomic E-state index is 13.5. The predicted molar refractivity (Wildman–Crippen MR) is 93.9 cm³/mol. The highest BCUT2D eigenvalue weighted by Crippen LogP contribution is 2.11. The first-order valence-corrected chi connectivity index (χ1v) is 7.91. The van der Waals surface area contributed by atoms with Gasteiger partial charge in [0.05, 0.1) is 12.7 Å². The molecule has 1 N–H and O–H groups in total. The molecule has 0 heterocycles. The van der Waals surface area contributed by atoms with E-state index < -0.39 is 17.9 Å². The number of carbonyl (C=O) groups is 2. The molecule has 2 aromatic carbocycles. The third-order valence-electron chi connectivity index (χ3n) is 3.34. The van der Waals surface area contributed by atoms with E-state index in [4.69, 9.17) is 4.74 Å². The van der Waals surface area contributed by atoms with E-state index in [0.29, 0.717) is 18.5 Å². The lowest BCUT2D eigenvalue weighted by Gasteiger charge is -2.05. The highest BCUT2D eigenvalue weighted by Gasteiger charge is 2.11. The first kappa shape index (κ1) is 19.0. The number of hydrogen-bond acceptors (Lipinski definition) is 4. The van der Waals surface area contributed by atoms with Crippen LogP contribution in [0.25, 0.3) is 0 Å². The molecule has 5 nitrogen and oxygen atoms in total. The van der Waals surface area contributed by atoms with Crippen LogP contribution in [-0.2, 0) is 16.1 Å². The molecule has 134 valence electrons. The minimum Gasteiger partial charge on any atom is -0.465 e. The van der Waals surface area contributed by atoms with Crippen LogP contribution in [0.3, 0.4) is 0 Å². The van der Waals surface area contributed by atoms with Gasteiger partial charge in [-0.25, -0.2) is 14.0 Å². The molecule has 2 rings (SSSR count). The van der Waals surface area contributed by atoms with Gasteiger partial charge in [0.1, 0.15) is 12.4 Å². The fourth-order valence-corrected chi connectivity index (χ4v) is 2.04. The van der Waals surface area contributed by atoms with Crippen LogP contribution in [0.2, 0.25) is 0 Å². The molecule has 1 amide bonds. The highest BCUT2D eigenvalue weighted by atomic mass is 19.1. The molecule has 26 heavy (non-hydrogen) atoms. The summed E-state index contributed by atoms with van der Waals surface area (Å²) in [4.78, 5) is 23.0. The Hall–Kier alpha value is -3.33. The van der Waals surface area contributed by atoms with Gasteiger partial charge in [-0.3, -0.25) is 0 Å². The Bertz CT molecular complexity index is 825. The first-order chi connectivity index (χ1) is 12.6. The SMILES string of the molecule is COC(=O)c1cc(C#CCCNC(=O)OCc2ccccc2)ccc1F. The van der Waals surface area contributed by atoms with E-state index in [2.05, 4.69) is 21.9 Å². The zero-order valence-electron chi connectivity index (χ0n) is 14.3. The van der Waals surface area contributed by atoms with Crippen LogP contribution in [-0.4, -0.2) is 25.7 Å². The number of nitrogens with one attached hydrogen (secondary N) is 1. The van der Waals surface area contributed by atoms with E-state index in [1.165, 1.54) is 19.2 Å². The summed E-state index contributed by atoms with van der Waals surface area (Å²) in [5.41, 5.74) is 1.22. The summed E-state index contributed by atoms with van der Waals surface area (Å²) >= 11 is 0. The van der Waals surface area contributed by atoms with Crippen LogP contribution in [0.5, 0.6) is 0 Å². The lowest BCUT2D eigenvalue weighted by atomic mass is 10.1. The van der Waals surface area contributed by atoms with E-state index in [9.17, 15) is 14.0 Å². The Kier molecular flexibility index (Phi) is 7.19.